The molecule has 2 amide bonds. The van der Waals surface area contributed by atoms with Crippen molar-refractivity contribution in [2.45, 2.75) is 13.0 Å². The van der Waals surface area contributed by atoms with Crippen molar-refractivity contribution < 1.29 is 19.1 Å². The molecule has 29 heavy (non-hydrogen) atoms. The van der Waals surface area contributed by atoms with E-state index in [2.05, 4.69) is 9.97 Å². The van der Waals surface area contributed by atoms with Gasteiger partial charge in [-0.05, 0) is 17.7 Å². The van der Waals surface area contributed by atoms with E-state index >= 15 is 0 Å². The van der Waals surface area contributed by atoms with Gasteiger partial charge in [-0.1, -0.05) is 12.1 Å². The van der Waals surface area contributed by atoms with E-state index < -0.39 is 0 Å². The Bertz CT molecular complexity index is 900. The van der Waals surface area contributed by atoms with Crippen molar-refractivity contribution >= 4 is 11.8 Å². The molecule has 0 N–H and O–H groups in total. The Kier molecular flexibility index (Phi) is 5.08. The van der Waals surface area contributed by atoms with Crippen LogP contribution < -0.4 is 9.47 Å². The fraction of sp³-hybridized carbons (Fsp3) is 0.429. The van der Waals surface area contributed by atoms with Gasteiger partial charge in [0.15, 0.2) is 0 Å². The molecule has 3 heterocycles. The molecule has 0 saturated carbocycles. The second-order valence-corrected chi connectivity index (χ2v) is 7.48. The summed E-state index contributed by atoms with van der Waals surface area (Å²) in [6.07, 6.45) is 2.98. The molecule has 1 aromatic carbocycles. The third kappa shape index (κ3) is 3.50. The summed E-state index contributed by atoms with van der Waals surface area (Å²) in [5.74, 6) is 1.18. The van der Waals surface area contributed by atoms with Gasteiger partial charge in [-0.15, -0.1) is 0 Å². The van der Waals surface area contributed by atoms with Crippen LogP contribution in [-0.2, 0) is 4.79 Å². The maximum Gasteiger partial charge on any atom is 0.316 e. The highest BCUT2D eigenvalue weighted by molar-refractivity contribution is 5.94. The van der Waals surface area contributed by atoms with Gasteiger partial charge in [0.2, 0.25) is 5.91 Å². The number of methoxy groups -OCH3 is 2. The van der Waals surface area contributed by atoms with Crippen molar-refractivity contribution in [2.24, 2.45) is 11.8 Å². The first-order valence-electron chi connectivity index (χ1n) is 9.58. The fourth-order valence-electron chi connectivity index (χ4n) is 4.48. The number of benzene rings is 1. The Labute approximate surface area is 169 Å². The van der Waals surface area contributed by atoms with Crippen LogP contribution in [0.2, 0.25) is 0 Å². The summed E-state index contributed by atoms with van der Waals surface area (Å²) in [5, 5.41) is 0. The van der Waals surface area contributed by atoms with Crippen LogP contribution in [0.25, 0.3) is 0 Å². The maximum atomic E-state index is 12.9. The topological polar surface area (TPSA) is 84.9 Å². The minimum absolute atomic E-state index is 0.0478. The molecule has 152 valence electrons. The number of hydrogen-bond donors (Lipinski definition) is 0. The van der Waals surface area contributed by atoms with E-state index in [1.54, 1.807) is 14.0 Å². The van der Waals surface area contributed by atoms with E-state index in [1.165, 1.54) is 19.5 Å². The minimum Gasteiger partial charge on any atom is -0.497 e. The SMILES string of the molecule is COc1ccc([C@H]2[C@@H]3CN(C(=O)c4cnc(OC)nc4)C[C@@H]3CN2C(C)=O)cc1. The van der Waals surface area contributed by atoms with Crippen molar-refractivity contribution in [2.75, 3.05) is 33.9 Å². The van der Waals surface area contributed by atoms with Gasteiger partial charge >= 0.3 is 6.01 Å². The Morgan fingerprint density at radius 1 is 1.00 bits per heavy atom. The van der Waals surface area contributed by atoms with Gasteiger partial charge < -0.3 is 19.3 Å². The lowest BCUT2D eigenvalue weighted by Crippen LogP contribution is -2.36. The molecule has 2 aliphatic heterocycles. The first-order chi connectivity index (χ1) is 14.0. The number of likely N-dealkylation sites (tertiary alicyclic amines) is 2. The third-order valence-corrected chi connectivity index (χ3v) is 5.87. The lowest BCUT2D eigenvalue weighted by atomic mass is 9.89. The van der Waals surface area contributed by atoms with Crippen molar-refractivity contribution in [1.29, 1.82) is 0 Å². The molecule has 0 unspecified atom stereocenters. The molecule has 2 fully saturated rings. The van der Waals surface area contributed by atoms with Crippen molar-refractivity contribution in [3.05, 3.63) is 47.8 Å². The molecule has 1 aromatic heterocycles. The molecule has 8 heteroatoms. The Morgan fingerprint density at radius 3 is 2.28 bits per heavy atom. The average Bonchev–Trinajstić information content (AvgIpc) is 3.31. The van der Waals surface area contributed by atoms with E-state index in [-0.39, 0.29) is 35.7 Å². The number of aromatic nitrogens is 2. The Balaban J connectivity index is 1.55. The molecule has 8 nitrogen and oxygen atoms in total. The number of amides is 2. The van der Waals surface area contributed by atoms with Crippen molar-refractivity contribution in [3.63, 3.8) is 0 Å². The van der Waals surface area contributed by atoms with Crippen LogP contribution in [0, 0.1) is 11.8 Å². The summed E-state index contributed by atoms with van der Waals surface area (Å²) in [4.78, 5) is 37.0. The molecule has 2 saturated heterocycles. The van der Waals surface area contributed by atoms with Crippen LogP contribution in [0.3, 0.4) is 0 Å². The van der Waals surface area contributed by atoms with Gasteiger partial charge in [0, 0.05) is 50.8 Å². The van der Waals surface area contributed by atoms with Crippen molar-refractivity contribution in [3.8, 4) is 11.8 Å². The van der Waals surface area contributed by atoms with E-state index in [0.717, 1.165) is 11.3 Å². The van der Waals surface area contributed by atoms with E-state index in [0.29, 0.717) is 25.2 Å². The van der Waals surface area contributed by atoms with E-state index in [9.17, 15) is 9.59 Å². The Morgan fingerprint density at radius 2 is 1.69 bits per heavy atom. The quantitative estimate of drug-likeness (QED) is 0.783. The molecule has 2 aromatic rings. The zero-order valence-electron chi connectivity index (χ0n) is 16.7. The van der Waals surface area contributed by atoms with Crippen LogP contribution >= 0.6 is 0 Å². The predicted molar refractivity (Wildman–Crippen MR) is 105 cm³/mol. The summed E-state index contributed by atoms with van der Waals surface area (Å²) < 4.78 is 10.2. The van der Waals surface area contributed by atoms with Crippen LogP contribution in [-0.4, -0.2) is 65.4 Å². The fourth-order valence-corrected chi connectivity index (χ4v) is 4.48. The number of nitrogens with zero attached hydrogens (tertiary/aromatic N) is 4. The number of hydrogen-bond acceptors (Lipinski definition) is 6. The molecule has 0 aliphatic carbocycles. The first kappa shape index (κ1) is 19.2. The molecule has 2 aliphatic rings. The smallest absolute Gasteiger partial charge is 0.316 e. The maximum absolute atomic E-state index is 12.9. The van der Waals surface area contributed by atoms with E-state index in [1.807, 2.05) is 34.1 Å². The van der Waals surface area contributed by atoms with E-state index in [4.69, 9.17) is 9.47 Å². The van der Waals surface area contributed by atoms with Crippen LogP contribution in [0.1, 0.15) is 28.9 Å². The van der Waals surface area contributed by atoms with Gasteiger partial charge in [-0.3, -0.25) is 9.59 Å². The molecule has 0 radical (unpaired) electrons. The standard InChI is InChI=1S/C21H24N4O4/c1-13(26)25-11-16-10-24(20(27)15-8-22-21(29-3)23-9-15)12-18(16)19(25)14-4-6-17(28-2)7-5-14/h4-9,16,18-19H,10-12H2,1-3H3/t16-,18-,19+/m1/s1. The monoisotopic (exact) mass is 396 g/mol. The second kappa shape index (κ2) is 7.69. The Hall–Kier alpha value is -3.16. The van der Waals surface area contributed by atoms with Crippen LogP contribution in [0.4, 0.5) is 0 Å². The minimum atomic E-state index is -0.0927. The highest BCUT2D eigenvalue weighted by Gasteiger charge is 2.49. The molecular weight excluding hydrogens is 372 g/mol. The number of fused-ring (bicyclic) bond motifs is 1. The molecular formula is C21H24N4O4. The normalized spacial score (nSPS) is 23.1. The molecule has 0 bridgehead atoms. The van der Waals surface area contributed by atoms with Gasteiger partial charge in [0.05, 0.1) is 25.8 Å². The third-order valence-electron chi connectivity index (χ3n) is 5.87. The predicted octanol–water partition coefficient (Wildman–Crippen LogP) is 1.79. The van der Waals surface area contributed by atoms with Gasteiger partial charge in [0.25, 0.3) is 5.91 Å². The molecule has 3 atom stereocenters. The summed E-state index contributed by atoms with van der Waals surface area (Å²) in [6.45, 7) is 3.47. The van der Waals surface area contributed by atoms with Gasteiger partial charge in [0.1, 0.15) is 5.75 Å². The summed E-state index contributed by atoms with van der Waals surface area (Å²) in [7, 11) is 3.12. The largest absolute Gasteiger partial charge is 0.497 e. The lowest BCUT2D eigenvalue weighted by molar-refractivity contribution is -0.130. The van der Waals surface area contributed by atoms with Crippen LogP contribution in [0.5, 0.6) is 11.8 Å². The zero-order valence-corrected chi connectivity index (χ0v) is 16.7. The zero-order chi connectivity index (χ0) is 20.5. The highest BCUT2D eigenvalue weighted by atomic mass is 16.5. The van der Waals surface area contributed by atoms with Gasteiger partial charge in [-0.2, -0.15) is 0 Å². The number of ether oxygens (including phenoxy) is 2. The summed E-state index contributed by atoms with van der Waals surface area (Å²) in [5.41, 5.74) is 1.51. The summed E-state index contributed by atoms with van der Waals surface area (Å²) >= 11 is 0. The number of rotatable bonds is 4. The summed E-state index contributed by atoms with van der Waals surface area (Å²) in [6, 6.07) is 8.01. The van der Waals surface area contributed by atoms with Gasteiger partial charge in [-0.25, -0.2) is 9.97 Å². The average molecular weight is 396 g/mol. The first-order valence-corrected chi connectivity index (χ1v) is 9.58. The highest BCUT2D eigenvalue weighted by Crippen LogP contribution is 2.45. The molecule has 0 spiro atoms. The second-order valence-electron chi connectivity index (χ2n) is 7.48. The number of carbonyl (C=O) groups is 2. The molecule has 4 rings (SSSR count). The van der Waals surface area contributed by atoms with Crippen molar-refractivity contribution in [1.82, 2.24) is 19.8 Å². The number of carbonyl (C=O) groups excluding carboxylic acids is 2. The van der Waals surface area contributed by atoms with Crippen LogP contribution in [0.15, 0.2) is 36.7 Å². The lowest BCUT2D eigenvalue weighted by Gasteiger charge is -2.29.